The van der Waals surface area contributed by atoms with Gasteiger partial charge in [0.1, 0.15) is 5.75 Å². The summed E-state index contributed by atoms with van der Waals surface area (Å²) >= 11 is 0. The SMILES string of the molecule is CCN(CC(C)C)c1ccc(N)c(OC(C)C)c1. The Bertz CT molecular complexity index is 375. The van der Waals surface area contributed by atoms with Crippen LogP contribution in [-0.4, -0.2) is 19.2 Å². The molecule has 3 nitrogen and oxygen atoms in total. The van der Waals surface area contributed by atoms with Crippen LogP contribution >= 0.6 is 0 Å². The van der Waals surface area contributed by atoms with Gasteiger partial charge in [-0.05, 0) is 38.8 Å². The number of nitrogens with two attached hydrogens (primary N) is 1. The molecule has 0 saturated carbocycles. The predicted octanol–water partition coefficient (Wildman–Crippen LogP) is 3.54. The van der Waals surface area contributed by atoms with Crippen molar-refractivity contribution in [1.29, 1.82) is 0 Å². The molecule has 0 saturated heterocycles. The molecule has 0 aliphatic heterocycles. The van der Waals surface area contributed by atoms with Crippen LogP contribution in [-0.2, 0) is 0 Å². The lowest BCUT2D eigenvalue weighted by atomic mass is 10.1. The number of anilines is 2. The van der Waals surface area contributed by atoms with E-state index >= 15 is 0 Å². The third kappa shape index (κ3) is 4.13. The third-order valence-corrected chi connectivity index (χ3v) is 2.69. The van der Waals surface area contributed by atoms with Crippen LogP contribution < -0.4 is 15.4 Å². The quantitative estimate of drug-likeness (QED) is 0.785. The van der Waals surface area contributed by atoms with Crippen molar-refractivity contribution in [3.8, 4) is 5.75 Å². The lowest BCUT2D eigenvalue weighted by Crippen LogP contribution is -2.27. The summed E-state index contributed by atoms with van der Waals surface area (Å²) in [5.74, 6) is 1.42. The number of hydrogen-bond acceptors (Lipinski definition) is 3. The van der Waals surface area contributed by atoms with E-state index in [1.165, 1.54) is 5.69 Å². The molecule has 0 atom stereocenters. The molecule has 0 fully saturated rings. The van der Waals surface area contributed by atoms with E-state index in [2.05, 4.69) is 31.7 Å². The molecule has 0 aliphatic rings. The van der Waals surface area contributed by atoms with Crippen molar-refractivity contribution in [2.45, 2.75) is 40.7 Å². The standard InChI is InChI=1S/C15H26N2O/c1-6-17(10-11(2)3)13-7-8-14(16)15(9-13)18-12(4)5/h7-9,11-12H,6,10,16H2,1-5H3. The zero-order valence-corrected chi connectivity index (χ0v) is 12.2. The summed E-state index contributed by atoms with van der Waals surface area (Å²) in [6.07, 6.45) is 0.141. The van der Waals surface area contributed by atoms with Crippen molar-refractivity contribution >= 4 is 11.4 Å². The van der Waals surface area contributed by atoms with Crippen LogP contribution in [0.15, 0.2) is 18.2 Å². The molecule has 0 unspecified atom stereocenters. The molecule has 1 aromatic carbocycles. The number of nitrogens with zero attached hydrogens (tertiary/aromatic N) is 1. The number of nitrogen functional groups attached to an aromatic ring is 1. The van der Waals surface area contributed by atoms with Crippen LogP contribution in [0.5, 0.6) is 5.75 Å². The molecule has 2 N–H and O–H groups in total. The number of hydrogen-bond donors (Lipinski definition) is 1. The second-order valence-electron chi connectivity index (χ2n) is 5.32. The summed E-state index contributed by atoms with van der Waals surface area (Å²) in [7, 11) is 0. The molecule has 1 aromatic rings. The van der Waals surface area contributed by atoms with Gasteiger partial charge in [0, 0.05) is 24.8 Å². The fourth-order valence-electron chi connectivity index (χ4n) is 1.93. The Morgan fingerprint density at radius 3 is 2.39 bits per heavy atom. The third-order valence-electron chi connectivity index (χ3n) is 2.69. The van der Waals surface area contributed by atoms with Gasteiger partial charge < -0.3 is 15.4 Å². The Balaban J connectivity index is 2.94. The van der Waals surface area contributed by atoms with E-state index in [1.54, 1.807) is 0 Å². The van der Waals surface area contributed by atoms with E-state index in [9.17, 15) is 0 Å². The van der Waals surface area contributed by atoms with Crippen molar-refractivity contribution in [3.05, 3.63) is 18.2 Å². The maximum Gasteiger partial charge on any atom is 0.144 e. The van der Waals surface area contributed by atoms with Gasteiger partial charge in [-0.25, -0.2) is 0 Å². The predicted molar refractivity (Wildman–Crippen MR) is 79.3 cm³/mol. The van der Waals surface area contributed by atoms with E-state index in [-0.39, 0.29) is 6.10 Å². The van der Waals surface area contributed by atoms with E-state index < -0.39 is 0 Å². The molecule has 0 spiro atoms. The topological polar surface area (TPSA) is 38.5 Å². The van der Waals surface area contributed by atoms with Gasteiger partial charge in [0.15, 0.2) is 0 Å². The summed E-state index contributed by atoms with van der Waals surface area (Å²) in [5, 5.41) is 0. The van der Waals surface area contributed by atoms with Gasteiger partial charge in [0.25, 0.3) is 0 Å². The molecule has 0 aromatic heterocycles. The second kappa shape index (κ2) is 6.53. The van der Waals surface area contributed by atoms with Crippen molar-refractivity contribution in [1.82, 2.24) is 0 Å². The summed E-state index contributed by atoms with van der Waals surface area (Å²) in [6.45, 7) is 12.7. The van der Waals surface area contributed by atoms with Crippen LogP contribution in [0.3, 0.4) is 0 Å². The summed E-state index contributed by atoms with van der Waals surface area (Å²) in [6, 6.07) is 6.03. The maximum absolute atomic E-state index is 5.94. The van der Waals surface area contributed by atoms with E-state index in [4.69, 9.17) is 10.5 Å². The van der Waals surface area contributed by atoms with Crippen LogP contribution in [0, 0.1) is 5.92 Å². The van der Waals surface area contributed by atoms with Crippen LogP contribution in [0.4, 0.5) is 11.4 Å². The molecular weight excluding hydrogens is 224 g/mol. The Labute approximate surface area is 111 Å². The lowest BCUT2D eigenvalue weighted by molar-refractivity contribution is 0.244. The Morgan fingerprint density at radius 1 is 1.22 bits per heavy atom. The van der Waals surface area contributed by atoms with Gasteiger partial charge in [-0.15, -0.1) is 0 Å². The smallest absolute Gasteiger partial charge is 0.144 e. The molecule has 0 amide bonds. The van der Waals surface area contributed by atoms with Crippen LogP contribution in [0.2, 0.25) is 0 Å². The minimum atomic E-state index is 0.141. The van der Waals surface area contributed by atoms with Crippen molar-refractivity contribution in [2.75, 3.05) is 23.7 Å². The lowest BCUT2D eigenvalue weighted by Gasteiger charge is -2.26. The Morgan fingerprint density at radius 2 is 1.89 bits per heavy atom. The van der Waals surface area contributed by atoms with Gasteiger partial charge >= 0.3 is 0 Å². The minimum absolute atomic E-state index is 0.141. The zero-order valence-electron chi connectivity index (χ0n) is 12.2. The number of rotatable bonds is 6. The highest BCUT2D eigenvalue weighted by molar-refractivity contribution is 5.62. The Kier molecular flexibility index (Phi) is 5.32. The Hall–Kier alpha value is -1.38. The fraction of sp³-hybridized carbons (Fsp3) is 0.600. The van der Waals surface area contributed by atoms with Crippen molar-refractivity contribution in [3.63, 3.8) is 0 Å². The van der Waals surface area contributed by atoms with E-state index in [1.807, 2.05) is 26.0 Å². The van der Waals surface area contributed by atoms with Gasteiger partial charge in [0.05, 0.1) is 11.8 Å². The molecule has 0 heterocycles. The number of benzene rings is 1. The van der Waals surface area contributed by atoms with Gasteiger partial charge in [-0.1, -0.05) is 13.8 Å². The average molecular weight is 250 g/mol. The highest BCUT2D eigenvalue weighted by Gasteiger charge is 2.10. The molecular formula is C15H26N2O. The molecule has 1 rings (SSSR count). The van der Waals surface area contributed by atoms with Crippen LogP contribution in [0.1, 0.15) is 34.6 Å². The van der Waals surface area contributed by atoms with Crippen molar-refractivity contribution < 1.29 is 4.74 Å². The average Bonchev–Trinajstić information content (AvgIpc) is 2.28. The first-order valence-electron chi connectivity index (χ1n) is 6.75. The van der Waals surface area contributed by atoms with E-state index in [0.29, 0.717) is 11.6 Å². The summed E-state index contributed by atoms with van der Waals surface area (Å²) in [4.78, 5) is 2.34. The first kappa shape index (κ1) is 14.7. The minimum Gasteiger partial charge on any atom is -0.489 e. The summed E-state index contributed by atoms with van der Waals surface area (Å²) in [5.41, 5.74) is 7.82. The molecule has 0 bridgehead atoms. The maximum atomic E-state index is 5.94. The molecule has 0 aliphatic carbocycles. The normalized spacial score (nSPS) is 11.1. The van der Waals surface area contributed by atoms with Gasteiger partial charge in [0.2, 0.25) is 0 Å². The van der Waals surface area contributed by atoms with Crippen molar-refractivity contribution in [2.24, 2.45) is 5.92 Å². The molecule has 102 valence electrons. The molecule has 0 radical (unpaired) electrons. The second-order valence-corrected chi connectivity index (χ2v) is 5.32. The fourth-order valence-corrected chi connectivity index (χ4v) is 1.93. The highest BCUT2D eigenvalue weighted by atomic mass is 16.5. The van der Waals surface area contributed by atoms with Gasteiger partial charge in [-0.3, -0.25) is 0 Å². The van der Waals surface area contributed by atoms with Crippen LogP contribution in [0.25, 0.3) is 0 Å². The first-order chi connectivity index (χ1) is 8.43. The highest BCUT2D eigenvalue weighted by Crippen LogP contribution is 2.28. The molecule has 3 heteroatoms. The monoisotopic (exact) mass is 250 g/mol. The largest absolute Gasteiger partial charge is 0.489 e. The van der Waals surface area contributed by atoms with Gasteiger partial charge in [-0.2, -0.15) is 0 Å². The van der Waals surface area contributed by atoms with E-state index in [0.717, 1.165) is 18.8 Å². The number of ether oxygens (including phenoxy) is 1. The summed E-state index contributed by atoms with van der Waals surface area (Å²) < 4.78 is 5.73. The zero-order chi connectivity index (χ0) is 13.7. The first-order valence-corrected chi connectivity index (χ1v) is 6.75. The molecule has 18 heavy (non-hydrogen) atoms.